The number of aliphatic hydroxyl groups is 4. The summed E-state index contributed by atoms with van der Waals surface area (Å²) in [5.74, 6) is -0.266. The van der Waals surface area contributed by atoms with Crippen LogP contribution in [-0.4, -0.2) is 95.4 Å². The van der Waals surface area contributed by atoms with Crippen LogP contribution in [0.4, 0.5) is 0 Å². The van der Waals surface area contributed by atoms with Gasteiger partial charge < -0.3 is 35.2 Å². The van der Waals surface area contributed by atoms with Gasteiger partial charge >= 0.3 is 10.4 Å². The minimum Gasteiger partial charge on any atom is -0.394 e. The van der Waals surface area contributed by atoms with Gasteiger partial charge in [-0.15, -0.1) is 0 Å². The summed E-state index contributed by atoms with van der Waals surface area (Å²) >= 11 is 0. The van der Waals surface area contributed by atoms with Crippen molar-refractivity contribution in [3.05, 3.63) is 36.5 Å². The van der Waals surface area contributed by atoms with Gasteiger partial charge in [-0.25, -0.2) is 4.18 Å². The zero-order valence-corrected chi connectivity index (χ0v) is 41.9. The molecule has 12 nitrogen and oxygen atoms in total. The van der Waals surface area contributed by atoms with Crippen molar-refractivity contribution in [2.45, 2.75) is 275 Å². The zero-order valence-electron chi connectivity index (χ0n) is 41.1. The number of ether oxygens (including phenoxy) is 2. The normalized spacial score (nSPS) is 20.4. The first-order chi connectivity index (χ1) is 31.5. The quantitative estimate of drug-likeness (QED) is 0.0193. The highest BCUT2D eigenvalue weighted by molar-refractivity contribution is 7.80. The van der Waals surface area contributed by atoms with E-state index in [4.69, 9.17) is 9.47 Å². The number of amides is 1. The molecule has 0 bridgehead atoms. The van der Waals surface area contributed by atoms with Crippen LogP contribution >= 0.6 is 0 Å². The molecule has 13 heteroatoms. The molecule has 382 valence electrons. The van der Waals surface area contributed by atoms with E-state index < -0.39 is 59.9 Å². The second-order valence-corrected chi connectivity index (χ2v) is 19.5. The van der Waals surface area contributed by atoms with E-state index in [1.54, 1.807) is 6.08 Å². The van der Waals surface area contributed by atoms with Crippen molar-refractivity contribution < 1.29 is 51.8 Å². The van der Waals surface area contributed by atoms with Gasteiger partial charge in [0.25, 0.3) is 0 Å². The van der Waals surface area contributed by atoms with Crippen molar-refractivity contribution in [3.63, 3.8) is 0 Å². The third-order valence-electron chi connectivity index (χ3n) is 12.4. The van der Waals surface area contributed by atoms with E-state index in [1.807, 2.05) is 6.08 Å². The Hall–Kier alpha value is -1.68. The van der Waals surface area contributed by atoms with Gasteiger partial charge in [-0.3, -0.25) is 9.35 Å². The maximum Gasteiger partial charge on any atom is 0.397 e. The monoisotopic (exact) mass is 944 g/mol. The molecule has 6 N–H and O–H groups in total. The van der Waals surface area contributed by atoms with E-state index in [-0.39, 0.29) is 18.9 Å². The van der Waals surface area contributed by atoms with Crippen molar-refractivity contribution in [2.24, 2.45) is 0 Å². The second kappa shape index (κ2) is 42.4. The van der Waals surface area contributed by atoms with E-state index in [9.17, 15) is 38.2 Å². The minimum atomic E-state index is -5.08. The molecule has 1 fully saturated rings. The summed E-state index contributed by atoms with van der Waals surface area (Å²) in [6.07, 6.45) is 43.4. The van der Waals surface area contributed by atoms with E-state index in [2.05, 4.69) is 47.7 Å². The summed E-state index contributed by atoms with van der Waals surface area (Å²) < 4.78 is 47.6. The first-order valence-electron chi connectivity index (χ1n) is 26.4. The number of hydrogen-bond donors (Lipinski definition) is 6. The molecule has 0 aromatic carbocycles. The zero-order chi connectivity index (χ0) is 47.6. The standard InChI is InChI=1S/C52H97NO11S/c1-3-5-7-9-11-13-15-16-17-18-19-20-21-22-23-24-25-26-27-28-29-30-32-34-36-38-40-42-48(56)53-45(46(55)41-39-37-35-33-31-14-12-10-8-6-4-2)44-62-52-50(58)51(64-65(59,60)61)49(57)47(43-54)63-52/h19-20,22-23,39,41,45-47,49-52,54-55,57-58H,3-18,21,24-38,40,42-44H2,1-2H3,(H,53,56)(H,59,60,61)/b20-19-,23-22-,41-39+. The van der Waals surface area contributed by atoms with E-state index >= 15 is 0 Å². The lowest BCUT2D eigenvalue weighted by Gasteiger charge is -2.41. The highest BCUT2D eigenvalue weighted by Crippen LogP contribution is 2.26. The lowest BCUT2D eigenvalue weighted by Crippen LogP contribution is -2.61. The first kappa shape index (κ1) is 61.3. The highest BCUT2D eigenvalue weighted by Gasteiger charge is 2.48. The molecular formula is C52H97NO11S. The fourth-order valence-corrected chi connectivity index (χ4v) is 8.82. The Morgan fingerprint density at radius 2 is 1.03 bits per heavy atom. The van der Waals surface area contributed by atoms with Gasteiger partial charge in [0.05, 0.1) is 25.4 Å². The minimum absolute atomic E-state index is 0.266. The highest BCUT2D eigenvalue weighted by atomic mass is 32.3. The molecule has 7 atom stereocenters. The van der Waals surface area contributed by atoms with Gasteiger partial charge in [-0.05, 0) is 51.4 Å². The third-order valence-corrected chi connectivity index (χ3v) is 12.9. The van der Waals surface area contributed by atoms with Gasteiger partial charge in [0.15, 0.2) is 6.29 Å². The lowest BCUT2D eigenvalue weighted by atomic mass is 9.99. The summed E-state index contributed by atoms with van der Waals surface area (Å²) in [5.41, 5.74) is 0. The molecule has 0 saturated carbocycles. The van der Waals surface area contributed by atoms with Crippen LogP contribution in [0, 0.1) is 0 Å². The van der Waals surface area contributed by atoms with Crippen LogP contribution in [-0.2, 0) is 28.9 Å². The molecule has 0 aliphatic carbocycles. The molecule has 7 unspecified atom stereocenters. The number of allylic oxidation sites excluding steroid dienone is 5. The predicted octanol–water partition coefficient (Wildman–Crippen LogP) is 11.4. The van der Waals surface area contributed by atoms with Crippen LogP contribution in [0.5, 0.6) is 0 Å². The number of aliphatic hydroxyl groups excluding tert-OH is 4. The Balaban J connectivity index is 2.33. The van der Waals surface area contributed by atoms with Crippen molar-refractivity contribution in [1.29, 1.82) is 0 Å². The second-order valence-electron chi connectivity index (χ2n) is 18.5. The Morgan fingerprint density at radius 3 is 1.46 bits per heavy atom. The van der Waals surface area contributed by atoms with Crippen LogP contribution in [0.2, 0.25) is 0 Å². The molecule has 1 aliphatic heterocycles. The average molecular weight is 944 g/mol. The molecule has 1 heterocycles. The van der Waals surface area contributed by atoms with E-state index in [0.29, 0.717) is 6.42 Å². The molecule has 1 rings (SSSR count). The summed E-state index contributed by atoms with van der Waals surface area (Å²) in [6.45, 7) is 3.38. The number of carbonyl (C=O) groups is 1. The smallest absolute Gasteiger partial charge is 0.394 e. The van der Waals surface area contributed by atoms with E-state index in [1.165, 1.54) is 161 Å². The number of nitrogens with one attached hydrogen (secondary N) is 1. The molecule has 1 amide bonds. The van der Waals surface area contributed by atoms with Crippen LogP contribution in [0.3, 0.4) is 0 Å². The molecular weight excluding hydrogens is 847 g/mol. The van der Waals surface area contributed by atoms with Crippen molar-refractivity contribution in [3.8, 4) is 0 Å². The Kier molecular flexibility index (Phi) is 40.0. The molecule has 0 aromatic rings. The average Bonchev–Trinajstić information content (AvgIpc) is 3.28. The maximum absolute atomic E-state index is 13.1. The van der Waals surface area contributed by atoms with Crippen LogP contribution in [0.25, 0.3) is 0 Å². The predicted molar refractivity (Wildman–Crippen MR) is 264 cm³/mol. The number of rotatable bonds is 45. The Morgan fingerprint density at radius 1 is 0.615 bits per heavy atom. The van der Waals surface area contributed by atoms with Gasteiger partial charge in [-0.2, -0.15) is 8.42 Å². The van der Waals surface area contributed by atoms with Gasteiger partial charge in [0, 0.05) is 6.42 Å². The molecule has 0 spiro atoms. The van der Waals surface area contributed by atoms with Crippen LogP contribution < -0.4 is 5.32 Å². The van der Waals surface area contributed by atoms with Crippen molar-refractivity contribution >= 4 is 16.3 Å². The molecule has 0 radical (unpaired) electrons. The van der Waals surface area contributed by atoms with Crippen LogP contribution in [0.15, 0.2) is 36.5 Å². The fourth-order valence-electron chi connectivity index (χ4n) is 8.31. The maximum atomic E-state index is 13.1. The van der Waals surface area contributed by atoms with Crippen molar-refractivity contribution in [1.82, 2.24) is 5.32 Å². The van der Waals surface area contributed by atoms with Gasteiger partial charge in [0.2, 0.25) is 5.91 Å². The Bertz CT molecular complexity index is 1300. The topological polar surface area (TPSA) is 192 Å². The third kappa shape index (κ3) is 35.1. The Labute approximate surface area is 396 Å². The molecule has 0 aromatic heterocycles. The number of carbonyl (C=O) groups excluding carboxylic acids is 1. The summed E-state index contributed by atoms with van der Waals surface area (Å²) in [5, 5.41) is 44.7. The fraction of sp³-hybridized carbons (Fsp3) is 0.865. The summed E-state index contributed by atoms with van der Waals surface area (Å²) in [6, 6.07) is -0.944. The number of unbranched alkanes of at least 4 members (excludes halogenated alkanes) is 29. The SMILES string of the molecule is CCCCCCCCCCC/C=C\C/C=C\CCCCCCCCCCCCCC(=O)NC(COC1OC(CO)C(O)C(OS(=O)(=O)O)C1O)C(O)/C=C/CCCCCCCCCCC. The molecule has 1 aliphatic rings. The number of hydrogen-bond acceptors (Lipinski definition) is 10. The molecule has 1 saturated heterocycles. The molecule has 65 heavy (non-hydrogen) atoms. The summed E-state index contributed by atoms with van der Waals surface area (Å²) in [7, 11) is -5.08. The van der Waals surface area contributed by atoms with E-state index in [0.717, 1.165) is 44.9 Å². The van der Waals surface area contributed by atoms with Crippen molar-refractivity contribution in [2.75, 3.05) is 13.2 Å². The lowest BCUT2D eigenvalue weighted by molar-refractivity contribution is -0.298. The largest absolute Gasteiger partial charge is 0.397 e. The van der Waals surface area contributed by atoms with Crippen LogP contribution in [0.1, 0.15) is 232 Å². The van der Waals surface area contributed by atoms with Gasteiger partial charge in [-0.1, -0.05) is 211 Å². The van der Waals surface area contributed by atoms with Gasteiger partial charge in [0.1, 0.15) is 24.4 Å². The summed E-state index contributed by atoms with van der Waals surface area (Å²) in [4.78, 5) is 13.1. The first-order valence-corrected chi connectivity index (χ1v) is 27.7.